The van der Waals surface area contributed by atoms with Crippen molar-refractivity contribution in [3.05, 3.63) is 36.0 Å². The molecule has 2 aromatic heterocycles. The summed E-state index contributed by atoms with van der Waals surface area (Å²) in [5.74, 6) is -1.78. The number of carbonyl (C=O) groups is 1. The summed E-state index contributed by atoms with van der Waals surface area (Å²) in [6, 6.07) is 3.40. The van der Waals surface area contributed by atoms with Gasteiger partial charge in [0.1, 0.15) is 12.1 Å². The Morgan fingerprint density at radius 3 is 2.19 bits per heavy atom. The zero-order chi connectivity index (χ0) is 25.5. The molecule has 6 rings (SSSR count). The van der Waals surface area contributed by atoms with Gasteiger partial charge in [0, 0.05) is 56.8 Å². The molecule has 3 aliphatic heterocycles. The molecule has 4 aliphatic rings. The van der Waals surface area contributed by atoms with Crippen molar-refractivity contribution in [2.75, 3.05) is 44.2 Å². The Bertz CT molecular complexity index is 1140. The molecule has 1 spiro atoms. The zero-order valence-electron chi connectivity index (χ0n) is 19.0. The van der Waals surface area contributed by atoms with E-state index in [1.165, 1.54) is 4.68 Å². The molecule has 3 saturated heterocycles. The van der Waals surface area contributed by atoms with E-state index in [1.807, 2.05) is 6.07 Å². The van der Waals surface area contributed by atoms with Gasteiger partial charge in [0.05, 0.1) is 12.0 Å². The maximum Gasteiger partial charge on any atom is 0.453 e. The standard InChI is InChI=1S/C22H23F6N7O/c23-21(24,25)15-8-32(9-15)17-2-1-13(5-29-17)14-6-33(7-14)19(36)34-10-20(11-34)3-16(4-20)35-12-30-18(31-35)22(26,27)28/h1-2,5,12,14-16H,3-4,6-11H2. The Hall–Kier alpha value is -3.06. The molecule has 8 nitrogen and oxygen atoms in total. The smallest absolute Gasteiger partial charge is 0.355 e. The van der Waals surface area contributed by atoms with Crippen LogP contribution in [0.3, 0.4) is 0 Å². The molecule has 14 heteroatoms. The maximum atomic E-state index is 12.8. The van der Waals surface area contributed by atoms with Crippen molar-refractivity contribution in [1.82, 2.24) is 29.5 Å². The highest BCUT2D eigenvalue weighted by atomic mass is 19.4. The van der Waals surface area contributed by atoms with Gasteiger partial charge in [-0.1, -0.05) is 6.07 Å². The fourth-order valence-electron chi connectivity index (χ4n) is 5.61. The van der Waals surface area contributed by atoms with Gasteiger partial charge in [0.25, 0.3) is 5.82 Å². The number of hydrogen-bond donors (Lipinski definition) is 0. The van der Waals surface area contributed by atoms with Crippen molar-refractivity contribution in [3.8, 4) is 0 Å². The Morgan fingerprint density at radius 2 is 1.64 bits per heavy atom. The number of alkyl halides is 6. The number of anilines is 1. The van der Waals surface area contributed by atoms with Gasteiger partial charge in [-0.15, -0.1) is 5.10 Å². The molecule has 36 heavy (non-hydrogen) atoms. The van der Waals surface area contributed by atoms with Crippen molar-refractivity contribution in [1.29, 1.82) is 0 Å². The number of hydrogen-bond acceptors (Lipinski definition) is 5. The first-order valence-electron chi connectivity index (χ1n) is 11.7. The Kier molecular flexibility index (Phi) is 5.01. The Labute approximate surface area is 201 Å². The minimum atomic E-state index is -4.56. The fourth-order valence-corrected chi connectivity index (χ4v) is 5.61. The molecule has 0 bridgehead atoms. The van der Waals surface area contributed by atoms with Gasteiger partial charge < -0.3 is 14.7 Å². The molecule has 0 N–H and O–H groups in total. The van der Waals surface area contributed by atoms with E-state index in [-0.39, 0.29) is 36.5 Å². The van der Waals surface area contributed by atoms with Crippen LogP contribution in [0.25, 0.3) is 0 Å². The summed E-state index contributed by atoms with van der Waals surface area (Å²) in [5.41, 5.74) is 0.889. The van der Waals surface area contributed by atoms with E-state index in [4.69, 9.17) is 0 Å². The predicted molar refractivity (Wildman–Crippen MR) is 113 cm³/mol. The first kappa shape index (κ1) is 23.3. The molecule has 1 saturated carbocycles. The third-order valence-corrected chi connectivity index (χ3v) is 7.86. The monoisotopic (exact) mass is 515 g/mol. The fraction of sp³-hybridized carbons (Fsp3) is 0.636. The summed E-state index contributed by atoms with van der Waals surface area (Å²) in [7, 11) is 0. The van der Waals surface area contributed by atoms with E-state index in [9.17, 15) is 31.1 Å². The third-order valence-electron chi connectivity index (χ3n) is 7.86. The summed E-state index contributed by atoms with van der Waals surface area (Å²) in [6.07, 6.45) is -4.62. The van der Waals surface area contributed by atoms with Crippen molar-refractivity contribution < 1.29 is 31.1 Å². The van der Waals surface area contributed by atoms with E-state index < -0.39 is 24.1 Å². The molecule has 5 heterocycles. The SMILES string of the molecule is O=C(N1CC(c2ccc(N3CC(C(F)(F)F)C3)nc2)C1)N1CC2(CC(n3cnc(C(F)(F)F)n3)C2)C1. The first-order chi connectivity index (χ1) is 16.9. The van der Waals surface area contributed by atoms with Gasteiger partial charge >= 0.3 is 18.4 Å². The molecule has 194 valence electrons. The number of urea groups is 1. The van der Waals surface area contributed by atoms with Gasteiger partial charge in [-0.3, -0.25) is 0 Å². The number of halogens is 6. The molecule has 0 unspecified atom stereocenters. The lowest BCUT2D eigenvalue weighted by atomic mass is 9.61. The quantitative estimate of drug-likeness (QED) is 0.585. The molecule has 1 aliphatic carbocycles. The summed E-state index contributed by atoms with van der Waals surface area (Å²) >= 11 is 0. The largest absolute Gasteiger partial charge is 0.453 e. The molecule has 0 aromatic carbocycles. The third kappa shape index (κ3) is 3.94. The highest BCUT2D eigenvalue weighted by Crippen LogP contribution is 2.54. The molecular weight excluding hydrogens is 492 g/mol. The van der Waals surface area contributed by atoms with Crippen molar-refractivity contribution in [3.63, 3.8) is 0 Å². The lowest BCUT2D eigenvalue weighted by Crippen LogP contribution is -2.67. The number of carbonyl (C=O) groups excluding carboxylic acids is 1. The number of pyridine rings is 1. The van der Waals surface area contributed by atoms with Gasteiger partial charge in [0.2, 0.25) is 0 Å². The second kappa shape index (κ2) is 7.72. The lowest BCUT2D eigenvalue weighted by molar-refractivity contribution is -0.180. The second-order valence-electron chi connectivity index (χ2n) is 10.4. The number of rotatable bonds is 3. The van der Waals surface area contributed by atoms with Crippen LogP contribution in [-0.4, -0.2) is 81.0 Å². The highest BCUT2D eigenvalue weighted by Gasteiger charge is 2.56. The summed E-state index contributed by atoms with van der Waals surface area (Å²) < 4.78 is 77.4. The average molecular weight is 515 g/mol. The van der Waals surface area contributed by atoms with E-state index in [1.54, 1.807) is 27.0 Å². The number of likely N-dealkylation sites (tertiary alicyclic amines) is 2. The molecule has 0 atom stereocenters. The number of amides is 2. The van der Waals surface area contributed by atoms with E-state index in [0.717, 1.165) is 11.9 Å². The topological polar surface area (TPSA) is 70.4 Å². The van der Waals surface area contributed by atoms with Crippen LogP contribution < -0.4 is 4.90 Å². The van der Waals surface area contributed by atoms with Crippen LogP contribution in [0.1, 0.15) is 36.2 Å². The van der Waals surface area contributed by atoms with Gasteiger partial charge in [-0.2, -0.15) is 26.3 Å². The maximum absolute atomic E-state index is 12.8. The van der Waals surface area contributed by atoms with Crippen LogP contribution in [0.4, 0.5) is 37.0 Å². The van der Waals surface area contributed by atoms with Crippen LogP contribution in [0.5, 0.6) is 0 Å². The zero-order valence-corrected chi connectivity index (χ0v) is 19.0. The first-order valence-corrected chi connectivity index (χ1v) is 11.7. The molecular formula is C22H23F6N7O. The second-order valence-corrected chi connectivity index (χ2v) is 10.4. The van der Waals surface area contributed by atoms with Crippen LogP contribution in [-0.2, 0) is 6.18 Å². The van der Waals surface area contributed by atoms with Crippen molar-refractivity contribution >= 4 is 11.8 Å². The van der Waals surface area contributed by atoms with Crippen LogP contribution in [0, 0.1) is 11.3 Å². The molecule has 0 radical (unpaired) electrons. The number of aromatic nitrogens is 4. The summed E-state index contributed by atoms with van der Waals surface area (Å²) in [6.45, 7) is 2.10. The normalized spacial score (nSPS) is 22.8. The predicted octanol–water partition coefficient (Wildman–Crippen LogP) is 3.55. The van der Waals surface area contributed by atoms with Crippen molar-refractivity contribution in [2.24, 2.45) is 11.3 Å². The highest BCUT2D eigenvalue weighted by molar-refractivity contribution is 5.77. The van der Waals surface area contributed by atoms with Crippen LogP contribution in [0.15, 0.2) is 24.7 Å². The van der Waals surface area contributed by atoms with Crippen LogP contribution >= 0.6 is 0 Å². The Morgan fingerprint density at radius 1 is 0.944 bits per heavy atom. The van der Waals surface area contributed by atoms with Gasteiger partial charge in [0.15, 0.2) is 0 Å². The molecule has 2 aromatic rings. The summed E-state index contributed by atoms with van der Waals surface area (Å²) in [4.78, 5) is 25.5. The molecule has 4 fully saturated rings. The summed E-state index contributed by atoms with van der Waals surface area (Å²) in [5, 5.41) is 3.54. The average Bonchev–Trinajstić information content (AvgIpc) is 3.14. The van der Waals surface area contributed by atoms with Gasteiger partial charge in [-0.25, -0.2) is 19.4 Å². The molecule has 2 amide bonds. The van der Waals surface area contributed by atoms with E-state index in [0.29, 0.717) is 44.8 Å². The van der Waals surface area contributed by atoms with Crippen molar-refractivity contribution in [2.45, 2.75) is 37.2 Å². The minimum Gasteiger partial charge on any atom is -0.355 e. The lowest BCUT2D eigenvalue weighted by Gasteiger charge is -2.60. The number of nitrogens with zero attached hydrogens (tertiary/aromatic N) is 7. The Balaban J connectivity index is 0.942. The minimum absolute atomic E-state index is 0.0520. The van der Waals surface area contributed by atoms with Gasteiger partial charge in [-0.05, 0) is 24.5 Å². The van der Waals surface area contributed by atoms with E-state index in [2.05, 4.69) is 15.1 Å². The van der Waals surface area contributed by atoms with Crippen LogP contribution in [0.2, 0.25) is 0 Å². The van der Waals surface area contributed by atoms with E-state index >= 15 is 0 Å².